The van der Waals surface area contributed by atoms with Gasteiger partial charge in [0.25, 0.3) is 0 Å². The summed E-state index contributed by atoms with van der Waals surface area (Å²) < 4.78 is 51.6. The molecule has 18 heavy (non-hydrogen) atoms. The van der Waals surface area contributed by atoms with Gasteiger partial charge in [-0.1, -0.05) is 12.2 Å². The van der Waals surface area contributed by atoms with Crippen molar-refractivity contribution in [2.24, 2.45) is 0 Å². The molecular formula is C14H8F4. The van der Waals surface area contributed by atoms with Crippen LogP contribution in [0.15, 0.2) is 36.4 Å². The van der Waals surface area contributed by atoms with Crippen LogP contribution in [0.1, 0.15) is 11.1 Å². The molecule has 92 valence electrons. The highest BCUT2D eigenvalue weighted by Gasteiger charge is 1.99. The number of benzene rings is 2. The SMILES string of the molecule is Fc1cc(F)cc(C=Cc2cc(F)cc(F)c2)c1. The summed E-state index contributed by atoms with van der Waals surface area (Å²) in [5, 5.41) is 0. The van der Waals surface area contributed by atoms with Gasteiger partial charge in [-0.05, 0) is 35.4 Å². The highest BCUT2D eigenvalue weighted by molar-refractivity contribution is 5.69. The predicted molar refractivity (Wildman–Crippen MR) is 61.6 cm³/mol. The van der Waals surface area contributed by atoms with E-state index in [1.165, 1.54) is 12.2 Å². The van der Waals surface area contributed by atoms with Gasteiger partial charge in [0, 0.05) is 12.1 Å². The first-order chi connectivity index (χ1) is 8.52. The van der Waals surface area contributed by atoms with Crippen LogP contribution >= 0.6 is 0 Å². The fourth-order valence-corrected chi connectivity index (χ4v) is 1.54. The molecule has 2 aromatic carbocycles. The molecule has 0 spiro atoms. The first-order valence-electron chi connectivity index (χ1n) is 5.13. The Labute approximate surface area is 101 Å². The maximum absolute atomic E-state index is 12.9. The van der Waals surface area contributed by atoms with E-state index in [4.69, 9.17) is 0 Å². The standard InChI is InChI=1S/C14H8F4/c15-11-3-9(4-12(16)7-11)1-2-10-5-13(17)8-14(18)6-10/h1-8H. The van der Waals surface area contributed by atoms with Crippen molar-refractivity contribution in [3.8, 4) is 0 Å². The first-order valence-corrected chi connectivity index (χ1v) is 5.13. The van der Waals surface area contributed by atoms with Crippen molar-refractivity contribution < 1.29 is 17.6 Å². The second kappa shape index (κ2) is 5.04. The van der Waals surface area contributed by atoms with E-state index in [0.29, 0.717) is 0 Å². The Morgan fingerprint density at radius 2 is 0.778 bits per heavy atom. The maximum atomic E-state index is 12.9. The Morgan fingerprint density at radius 1 is 0.500 bits per heavy atom. The lowest BCUT2D eigenvalue weighted by molar-refractivity contribution is 0.581. The van der Waals surface area contributed by atoms with E-state index in [9.17, 15) is 17.6 Å². The summed E-state index contributed by atoms with van der Waals surface area (Å²) in [6, 6.07) is 5.98. The van der Waals surface area contributed by atoms with Crippen LogP contribution in [0.25, 0.3) is 12.2 Å². The highest BCUT2D eigenvalue weighted by atomic mass is 19.1. The van der Waals surface area contributed by atoms with Gasteiger partial charge in [-0.15, -0.1) is 0 Å². The van der Waals surface area contributed by atoms with E-state index in [-0.39, 0.29) is 11.1 Å². The van der Waals surface area contributed by atoms with E-state index >= 15 is 0 Å². The molecule has 0 bridgehead atoms. The molecule has 2 aromatic rings. The van der Waals surface area contributed by atoms with E-state index in [1.807, 2.05) is 0 Å². The zero-order valence-corrected chi connectivity index (χ0v) is 9.13. The summed E-state index contributed by atoms with van der Waals surface area (Å²) in [7, 11) is 0. The molecule has 0 aliphatic heterocycles. The Bertz CT molecular complexity index is 509. The summed E-state index contributed by atoms with van der Waals surface area (Å²) >= 11 is 0. The lowest BCUT2D eigenvalue weighted by Gasteiger charge is -1.97. The monoisotopic (exact) mass is 252 g/mol. The lowest BCUT2D eigenvalue weighted by Crippen LogP contribution is -1.83. The molecule has 0 aliphatic carbocycles. The molecule has 0 saturated carbocycles. The van der Waals surface area contributed by atoms with Gasteiger partial charge >= 0.3 is 0 Å². The molecular weight excluding hydrogens is 244 g/mol. The van der Waals surface area contributed by atoms with Crippen molar-refractivity contribution in [2.45, 2.75) is 0 Å². The topological polar surface area (TPSA) is 0 Å². The van der Waals surface area contributed by atoms with Gasteiger partial charge in [0.2, 0.25) is 0 Å². The van der Waals surface area contributed by atoms with Crippen LogP contribution < -0.4 is 0 Å². The van der Waals surface area contributed by atoms with E-state index in [2.05, 4.69) is 0 Å². The zero-order valence-electron chi connectivity index (χ0n) is 9.13. The van der Waals surface area contributed by atoms with Crippen molar-refractivity contribution in [3.63, 3.8) is 0 Å². The van der Waals surface area contributed by atoms with Gasteiger partial charge in [0.05, 0.1) is 0 Å². The van der Waals surface area contributed by atoms with Crippen LogP contribution in [0.4, 0.5) is 17.6 Å². The fourth-order valence-electron chi connectivity index (χ4n) is 1.54. The van der Waals surface area contributed by atoms with Crippen molar-refractivity contribution in [3.05, 3.63) is 70.8 Å². The first kappa shape index (κ1) is 12.4. The van der Waals surface area contributed by atoms with Gasteiger partial charge in [-0.2, -0.15) is 0 Å². The molecule has 0 saturated heterocycles. The molecule has 0 atom stereocenters. The van der Waals surface area contributed by atoms with E-state index < -0.39 is 23.3 Å². The number of rotatable bonds is 2. The summed E-state index contributed by atoms with van der Waals surface area (Å²) in [6.07, 6.45) is 2.75. The summed E-state index contributed by atoms with van der Waals surface area (Å²) in [5.41, 5.74) is 0.550. The molecule has 4 heteroatoms. The molecule has 0 unspecified atom stereocenters. The molecule has 0 amide bonds. The largest absolute Gasteiger partial charge is 0.207 e. The normalized spacial score (nSPS) is 11.1. The molecule has 2 rings (SSSR count). The minimum absolute atomic E-state index is 0.275. The minimum atomic E-state index is -0.708. The second-order valence-electron chi connectivity index (χ2n) is 3.74. The van der Waals surface area contributed by atoms with Crippen molar-refractivity contribution in [1.29, 1.82) is 0 Å². The average molecular weight is 252 g/mol. The Balaban J connectivity index is 2.29. The third-order valence-electron chi connectivity index (χ3n) is 2.24. The van der Waals surface area contributed by atoms with E-state index in [0.717, 1.165) is 36.4 Å². The molecule has 0 aliphatic rings. The maximum Gasteiger partial charge on any atom is 0.126 e. The molecule has 0 fully saturated rings. The Kier molecular flexibility index (Phi) is 3.46. The quantitative estimate of drug-likeness (QED) is 0.548. The summed E-state index contributed by atoms with van der Waals surface area (Å²) in [6.45, 7) is 0. The lowest BCUT2D eigenvalue weighted by atomic mass is 10.1. The van der Waals surface area contributed by atoms with Crippen LogP contribution in [0.3, 0.4) is 0 Å². The fraction of sp³-hybridized carbons (Fsp3) is 0. The van der Waals surface area contributed by atoms with Gasteiger partial charge in [0.1, 0.15) is 23.3 Å². The van der Waals surface area contributed by atoms with Gasteiger partial charge in [0.15, 0.2) is 0 Å². The third kappa shape index (κ3) is 3.20. The smallest absolute Gasteiger partial charge is 0.126 e. The van der Waals surface area contributed by atoms with Crippen molar-refractivity contribution >= 4 is 12.2 Å². The van der Waals surface area contributed by atoms with Crippen molar-refractivity contribution in [1.82, 2.24) is 0 Å². The number of halogens is 4. The zero-order chi connectivity index (χ0) is 13.1. The van der Waals surface area contributed by atoms with Crippen LogP contribution in [-0.4, -0.2) is 0 Å². The number of hydrogen-bond donors (Lipinski definition) is 0. The molecule has 0 nitrogen and oxygen atoms in total. The Hall–Kier alpha value is -2.10. The second-order valence-corrected chi connectivity index (χ2v) is 3.74. The van der Waals surface area contributed by atoms with Crippen LogP contribution in [0.2, 0.25) is 0 Å². The third-order valence-corrected chi connectivity index (χ3v) is 2.24. The molecule has 0 N–H and O–H groups in total. The van der Waals surface area contributed by atoms with Gasteiger partial charge in [-0.3, -0.25) is 0 Å². The number of hydrogen-bond acceptors (Lipinski definition) is 0. The van der Waals surface area contributed by atoms with Crippen LogP contribution in [0.5, 0.6) is 0 Å². The van der Waals surface area contributed by atoms with Crippen LogP contribution in [0, 0.1) is 23.3 Å². The van der Waals surface area contributed by atoms with Crippen LogP contribution in [-0.2, 0) is 0 Å². The summed E-state index contributed by atoms with van der Waals surface area (Å²) in [5.74, 6) is -2.83. The van der Waals surface area contributed by atoms with E-state index in [1.54, 1.807) is 0 Å². The summed E-state index contributed by atoms with van der Waals surface area (Å²) in [4.78, 5) is 0. The molecule has 0 radical (unpaired) electrons. The average Bonchev–Trinajstić information content (AvgIpc) is 2.23. The van der Waals surface area contributed by atoms with Gasteiger partial charge in [-0.25, -0.2) is 17.6 Å². The highest BCUT2D eigenvalue weighted by Crippen LogP contribution is 2.14. The minimum Gasteiger partial charge on any atom is -0.207 e. The predicted octanol–water partition coefficient (Wildman–Crippen LogP) is 4.41. The molecule has 0 heterocycles. The van der Waals surface area contributed by atoms with Gasteiger partial charge < -0.3 is 0 Å². The van der Waals surface area contributed by atoms with Crippen molar-refractivity contribution in [2.75, 3.05) is 0 Å². The molecule has 0 aromatic heterocycles. The Morgan fingerprint density at radius 3 is 1.06 bits per heavy atom.